The fourth-order valence-corrected chi connectivity index (χ4v) is 1.74. The van der Waals surface area contributed by atoms with Crippen LogP contribution in [-0.2, 0) is 10.8 Å². The van der Waals surface area contributed by atoms with E-state index in [4.69, 9.17) is 0 Å². The molecule has 0 unspecified atom stereocenters. The molecule has 90 valence electrons. The fourth-order valence-electron chi connectivity index (χ4n) is 1.74. The Bertz CT molecular complexity index is 362. The smallest absolute Gasteiger partial charge is 0.873 e. The van der Waals surface area contributed by atoms with Crippen molar-refractivity contribution in [3.8, 4) is 11.5 Å². The van der Waals surface area contributed by atoms with Crippen LogP contribution in [0.25, 0.3) is 0 Å². The summed E-state index contributed by atoms with van der Waals surface area (Å²) in [5.74, 6) is -0.695. The molecular weight excluding hydrogens is 246 g/mol. The first-order valence-electron chi connectivity index (χ1n) is 5.57. The Kier molecular flexibility index (Phi) is 8.23. The van der Waals surface area contributed by atoms with Gasteiger partial charge in [-0.1, -0.05) is 64.8 Å². The van der Waals surface area contributed by atoms with E-state index in [0.717, 1.165) is 0 Å². The van der Waals surface area contributed by atoms with Gasteiger partial charge in [-0.15, -0.1) is 11.5 Å². The van der Waals surface area contributed by atoms with Crippen LogP contribution in [0.1, 0.15) is 52.7 Å². The average molecular weight is 266 g/mol. The van der Waals surface area contributed by atoms with Gasteiger partial charge in [-0.3, -0.25) is 0 Å². The van der Waals surface area contributed by atoms with E-state index in [1.54, 1.807) is 12.1 Å². The molecule has 0 aromatic heterocycles. The Labute approximate surface area is 155 Å². The molecule has 0 bridgehead atoms. The maximum absolute atomic E-state index is 12.0. The zero-order chi connectivity index (χ0) is 12.7. The molecule has 0 N–H and O–H groups in total. The van der Waals surface area contributed by atoms with Crippen LogP contribution in [0.3, 0.4) is 0 Å². The molecule has 0 saturated heterocycles. The summed E-state index contributed by atoms with van der Waals surface area (Å²) in [5, 5.41) is 23.9. The molecule has 0 atom stereocenters. The third-order valence-corrected chi connectivity index (χ3v) is 2.73. The van der Waals surface area contributed by atoms with E-state index in [9.17, 15) is 10.2 Å². The largest absolute Gasteiger partial charge is 1.00 e. The minimum atomic E-state index is -0.347. The van der Waals surface area contributed by atoms with E-state index >= 15 is 0 Å². The summed E-state index contributed by atoms with van der Waals surface area (Å²) in [4.78, 5) is 0. The third kappa shape index (κ3) is 4.73. The van der Waals surface area contributed by atoms with Crippen LogP contribution in [0.5, 0.6) is 11.5 Å². The number of hydrogen-bond donors (Lipinski definition) is 0. The van der Waals surface area contributed by atoms with Gasteiger partial charge in [-0.05, 0) is 10.8 Å². The van der Waals surface area contributed by atoms with Gasteiger partial charge in [0.15, 0.2) is 0 Å². The van der Waals surface area contributed by atoms with E-state index in [1.165, 1.54) is 0 Å². The maximum atomic E-state index is 12.0. The number of hydrogen-bond acceptors (Lipinski definition) is 2. The van der Waals surface area contributed by atoms with E-state index in [2.05, 4.69) is 0 Å². The van der Waals surface area contributed by atoms with E-state index in [-0.39, 0.29) is 81.4 Å². The average Bonchev–Trinajstić information content (AvgIpc) is 2.05. The van der Waals surface area contributed by atoms with Crippen molar-refractivity contribution in [3.63, 3.8) is 0 Å². The molecule has 0 fully saturated rings. The first kappa shape index (κ1) is 21.1. The molecule has 18 heavy (non-hydrogen) atoms. The van der Waals surface area contributed by atoms with Crippen molar-refractivity contribution in [1.29, 1.82) is 0 Å². The molecule has 1 aromatic carbocycles. The van der Waals surface area contributed by atoms with Crippen molar-refractivity contribution in [2.24, 2.45) is 0 Å². The second-order valence-electron chi connectivity index (χ2n) is 6.32. The molecule has 4 heteroatoms. The molecule has 0 aliphatic carbocycles. The van der Waals surface area contributed by atoms with Gasteiger partial charge < -0.3 is 10.2 Å². The molecule has 0 spiro atoms. The molecule has 2 nitrogen and oxygen atoms in total. The SMILES string of the molecule is CC(C)(C)c1ccc(C(C)(C)C)c([O-])c1[O-].[Na+].[Na+]. The van der Waals surface area contributed by atoms with Crippen LogP contribution in [0.2, 0.25) is 0 Å². The van der Waals surface area contributed by atoms with Gasteiger partial charge in [0.25, 0.3) is 0 Å². The van der Waals surface area contributed by atoms with Gasteiger partial charge in [0.1, 0.15) is 0 Å². The number of rotatable bonds is 0. The van der Waals surface area contributed by atoms with Crippen LogP contribution in [0.15, 0.2) is 12.1 Å². The maximum Gasteiger partial charge on any atom is 1.00 e. The summed E-state index contributed by atoms with van der Waals surface area (Å²) in [7, 11) is 0. The Morgan fingerprint density at radius 3 is 1.06 bits per heavy atom. The molecule has 0 aliphatic heterocycles. The molecule has 1 aromatic rings. The summed E-state index contributed by atoms with van der Waals surface area (Å²) in [6.45, 7) is 11.7. The van der Waals surface area contributed by atoms with Gasteiger partial charge in [0.2, 0.25) is 0 Å². The normalized spacial score (nSPS) is 11.4. The van der Waals surface area contributed by atoms with Crippen LogP contribution >= 0.6 is 0 Å². The van der Waals surface area contributed by atoms with Gasteiger partial charge in [0.05, 0.1) is 0 Å². The van der Waals surface area contributed by atoms with Crippen molar-refractivity contribution in [3.05, 3.63) is 23.3 Å². The predicted octanol–water partition coefficient (Wildman–Crippen LogP) is -3.56. The van der Waals surface area contributed by atoms with E-state index < -0.39 is 0 Å². The third-order valence-electron chi connectivity index (χ3n) is 2.73. The summed E-state index contributed by atoms with van der Waals surface area (Å²) >= 11 is 0. The van der Waals surface area contributed by atoms with Crippen molar-refractivity contribution in [2.75, 3.05) is 0 Å². The Morgan fingerprint density at radius 1 is 0.667 bits per heavy atom. The zero-order valence-corrected chi connectivity index (χ0v) is 17.0. The molecule has 0 heterocycles. The Morgan fingerprint density at radius 2 is 0.889 bits per heavy atom. The molecule has 0 aliphatic rings. The van der Waals surface area contributed by atoms with Crippen LogP contribution in [0.4, 0.5) is 0 Å². The fraction of sp³-hybridized carbons (Fsp3) is 0.571. The van der Waals surface area contributed by atoms with Gasteiger partial charge in [0, 0.05) is 0 Å². The van der Waals surface area contributed by atoms with Crippen molar-refractivity contribution < 1.29 is 69.3 Å². The molecule has 0 amide bonds. The standard InChI is InChI=1S/C14H22O2.2Na/c1-13(2,3)9-7-8-10(14(4,5)6)12(16)11(9)15;;/h7-8,15-16H,1-6H3;;/q;2*+1/p-2. The second kappa shape index (κ2) is 7.01. The topological polar surface area (TPSA) is 46.1 Å². The van der Waals surface area contributed by atoms with Crippen LogP contribution in [0, 0.1) is 0 Å². The summed E-state index contributed by atoms with van der Waals surface area (Å²) < 4.78 is 0. The van der Waals surface area contributed by atoms with Crippen molar-refractivity contribution in [1.82, 2.24) is 0 Å². The predicted molar refractivity (Wildman–Crippen MR) is 62.7 cm³/mol. The van der Waals surface area contributed by atoms with Gasteiger partial charge in [-0.25, -0.2) is 0 Å². The number of benzene rings is 1. The van der Waals surface area contributed by atoms with Gasteiger partial charge in [-0.2, -0.15) is 0 Å². The first-order valence-corrected chi connectivity index (χ1v) is 5.57. The molecule has 1 rings (SSSR count). The minimum absolute atomic E-state index is 0. The monoisotopic (exact) mass is 266 g/mol. The zero-order valence-electron chi connectivity index (χ0n) is 13.0. The molecule has 0 radical (unpaired) electrons. The first-order chi connectivity index (χ1) is 7.05. The minimum Gasteiger partial charge on any atom is -0.873 e. The van der Waals surface area contributed by atoms with E-state index in [0.29, 0.717) is 11.1 Å². The Balaban J connectivity index is 0. The van der Waals surface area contributed by atoms with Crippen LogP contribution in [-0.4, -0.2) is 0 Å². The van der Waals surface area contributed by atoms with Crippen molar-refractivity contribution >= 4 is 0 Å². The second-order valence-corrected chi connectivity index (χ2v) is 6.32. The Hall–Kier alpha value is 0.820. The molecule has 0 saturated carbocycles. The van der Waals surface area contributed by atoms with Crippen molar-refractivity contribution in [2.45, 2.75) is 52.4 Å². The summed E-state index contributed by atoms with van der Waals surface area (Å²) in [6, 6.07) is 3.59. The van der Waals surface area contributed by atoms with Gasteiger partial charge >= 0.3 is 59.1 Å². The summed E-state index contributed by atoms with van der Waals surface area (Å²) in [5.41, 5.74) is 0.662. The summed E-state index contributed by atoms with van der Waals surface area (Å²) in [6.07, 6.45) is 0. The van der Waals surface area contributed by atoms with Crippen LogP contribution < -0.4 is 69.3 Å². The quantitative estimate of drug-likeness (QED) is 0.456. The van der Waals surface area contributed by atoms with E-state index in [1.807, 2.05) is 41.5 Å². The molecular formula is C14H20Na2O2.